The van der Waals surface area contributed by atoms with Crippen LogP contribution in [0.5, 0.6) is 0 Å². The van der Waals surface area contributed by atoms with E-state index in [9.17, 15) is 0 Å². The summed E-state index contributed by atoms with van der Waals surface area (Å²) in [5.41, 5.74) is 2.63. The van der Waals surface area contributed by atoms with Gasteiger partial charge in [0, 0.05) is 0 Å². The van der Waals surface area contributed by atoms with Gasteiger partial charge in [-0.25, -0.2) is 0 Å². The van der Waals surface area contributed by atoms with E-state index < -0.39 is 0 Å². The van der Waals surface area contributed by atoms with E-state index in [0.717, 1.165) is 0 Å². The van der Waals surface area contributed by atoms with Crippen LogP contribution in [-0.2, 0) is 26.2 Å². The van der Waals surface area contributed by atoms with E-state index >= 15 is 0 Å². The van der Waals surface area contributed by atoms with Gasteiger partial charge in [0.25, 0.3) is 0 Å². The Labute approximate surface area is 161 Å². The van der Waals surface area contributed by atoms with E-state index in [0.29, 0.717) is 0 Å². The third kappa shape index (κ3) is 3.18. The van der Waals surface area contributed by atoms with Crippen LogP contribution in [0.25, 0.3) is 32.7 Å². The maximum Gasteiger partial charge on any atom is 3.00 e. The Balaban J connectivity index is 0.000000807. The quantitative estimate of drug-likeness (QED) is 0.372. The molecule has 0 aliphatic rings. The van der Waals surface area contributed by atoms with Crippen LogP contribution >= 0.6 is 0 Å². The second-order valence-electron chi connectivity index (χ2n) is 4.86. The van der Waals surface area contributed by atoms with Crippen LogP contribution in [0.1, 0.15) is 0 Å². The number of hydrogen-bond acceptors (Lipinski definition) is 0. The molecule has 3 heteroatoms. The summed E-state index contributed by atoms with van der Waals surface area (Å²) in [6.07, 6.45) is 0. The first kappa shape index (κ1) is 19.0. The van der Waals surface area contributed by atoms with Crippen LogP contribution in [0.2, 0.25) is 0 Å². The molecule has 0 unspecified atom stereocenters. The SMILES string of the molecule is [Cl-].[Cl-].[Zr+3].c1ccc2c(-c3cccc4[cH-]ccc34)cccc2c1. The monoisotopic (exact) mass is 401 g/mol. The molecule has 0 N–H and O–H groups in total. The number of hydrogen-bond donors (Lipinski definition) is 0. The Morgan fingerprint density at radius 3 is 2.05 bits per heavy atom. The van der Waals surface area contributed by atoms with Crippen LogP contribution in [0.3, 0.4) is 0 Å². The molecule has 0 heterocycles. The number of rotatable bonds is 1. The molecule has 0 nitrogen and oxygen atoms in total. The fraction of sp³-hybridized carbons (Fsp3) is 0. The smallest absolute Gasteiger partial charge is 1.00 e. The zero-order valence-corrected chi connectivity index (χ0v) is 15.7. The van der Waals surface area contributed by atoms with Crippen LogP contribution in [-0.4, -0.2) is 0 Å². The van der Waals surface area contributed by atoms with Gasteiger partial charge in [-0.3, -0.25) is 0 Å². The van der Waals surface area contributed by atoms with Crippen molar-refractivity contribution in [2.45, 2.75) is 0 Å². The van der Waals surface area contributed by atoms with E-state index in [-0.39, 0.29) is 51.0 Å². The molecule has 0 atom stereocenters. The van der Waals surface area contributed by atoms with Gasteiger partial charge < -0.3 is 24.8 Å². The molecular weight excluding hydrogens is 390 g/mol. The Morgan fingerprint density at radius 2 is 1.23 bits per heavy atom. The molecule has 1 radical (unpaired) electrons. The number of benzene rings is 3. The molecule has 107 valence electrons. The molecule has 0 aliphatic carbocycles. The maximum absolute atomic E-state index is 2.21. The van der Waals surface area contributed by atoms with Crippen molar-refractivity contribution < 1.29 is 51.0 Å². The third-order valence-electron chi connectivity index (χ3n) is 3.76. The molecule has 0 fully saturated rings. The molecule has 4 rings (SSSR count). The van der Waals surface area contributed by atoms with Crippen molar-refractivity contribution in [1.82, 2.24) is 0 Å². The largest absolute Gasteiger partial charge is 3.00 e. The molecule has 0 aliphatic heterocycles. The van der Waals surface area contributed by atoms with Gasteiger partial charge in [0.1, 0.15) is 0 Å². The molecule has 0 bridgehead atoms. The maximum atomic E-state index is 2.21. The van der Waals surface area contributed by atoms with Gasteiger partial charge in [-0.2, -0.15) is 12.1 Å². The van der Waals surface area contributed by atoms with Gasteiger partial charge in [-0.15, -0.1) is 29.0 Å². The second-order valence-corrected chi connectivity index (χ2v) is 4.86. The summed E-state index contributed by atoms with van der Waals surface area (Å²) >= 11 is 0. The Kier molecular flexibility index (Phi) is 6.94. The molecule has 22 heavy (non-hydrogen) atoms. The van der Waals surface area contributed by atoms with E-state index in [2.05, 4.69) is 78.9 Å². The summed E-state index contributed by atoms with van der Waals surface area (Å²) < 4.78 is 0. The van der Waals surface area contributed by atoms with Gasteiger partial charge in [-0.05, 0) is 16.3 Å². The first-order chi connectivity index (χ1) is 9.43. The Morgan fingerprint density at radius 1 is 0.591 bits per heavy atom. The topological polar surface area (TPSA) is 0 Å². The van der Waals surface area contributed by atoms with Crippen molar-refractivity contribution in [3.05, 3.63) is 78.9 Å². The third-order valence-corrected chi connectivity index (χ3v) is 3.76. The minimum atomic E-state index is 0. The Bertz CT molecular complexity index is 875. The van der Waals surface area contributed by atoms with Crippen molar-refractivity contribution in [2.75, 3.05) is 0 Å². The summed E-state index contributed by atoms with van der Waals surface area (Å²) in [6.45, 7) is 0. The van der Waals surface area contributed by atoms with Crippen molar-refractivity contribution in [1.29, 1.82) is 0 Å². The van der Waals surface area contributed by atoms with Gasteiger partial charge in [0.2, 0.25) is 0 Å². The van der Waals surface area contributed by atoms with Gasteiger partial charge in [0.05, 0.1) is 0 Å². The zero-order valence-electron chi connectivity index (χ0n) is 11.8. The van der Waals surface area contributed by atoms with Crippen LogP contribution < -0.4 is 24.8 Å². The fourth-order valence-corrected chi connectivity index (χ4v) is 2.86. The standard InChI is InChI=1S/C19H13.2ClH.Zr/c1-2-10-16-14(6-1)8-4-12-18(16)19-13-5-9-15-7-3-11-17(15)19;;;/h1-13H;2*1H;/q-1;;;+3/p-2. The van der Waals surface area contributed by atoms with Gasteiger partial charge in [-0.1, -0.05) is 54.1 Å². The van der Waals surface area contributed by atoms with E-state index in [1.807, 2.05) is 0 Å². The average Bonchev–Trinajstić information content (AvgIpc) is 2.95. The van der Waals surface area contributed by atoms with Crippen LogP contribution in [0.4, 0.5) is 0 Å². The molecule has 0 spiro atoms. The van der Waals surface area contributed by atoms with Crippen molar-refractivity contribution in [3.63, 3.8) is 0 Å². The molecule has 0 amide bonds. The summed E-state index contributed by atoms with van der Waals surface area (Å²) in [4.78, 5) is 0. The molecule has 0 saturated carbocycles. The van der Waals surface area contributed by atoms with E-state index in [1.165, 1.54) is 32.7 Å². The van der Waals surface area contributed by atoms with E-state index in [1.54, 1.807) is 0 Å². The minimum Gasteiger partial charge on any atom is -1.00 e. The minimum absolute atomic E-state index is 0. The first-order valence-electron chi connectivity index (χ1n) is 6.56. The van der Waals surface area contributed by atoms with Crippen molar-refractivity contribution in [3.8, 4) is 11.1 Å². The molecular formula is C19H13Cl2Zr. The molecule has 0 aromatic heterocycles. The van der Waals surface area contributed by atoms with Crippen LogP contribution in [0, 0.1) is 0 Å². The first-order valence-corrected chi connectivity index (χ1v) is 6.56. The van der Waals surface area contributed by atoms with E-state index in [4.69, 9.17) is 0 Å². The zero-order chi connectivity index (χ0) is 12.7. The summed E-state index contributed by atoms with van der Waals surface area (Å²) in [5, 5.41) is 5.26. The van der Waals surface area contributed by atoms with Gasteiger partial charge in [0.15, 0.2) is 0 Å². The molecule has 0 saturated heterocycles. The average molecular weight is 403 g/mol. The normalized spacial score (nSPS) is 9.64. The Hall–Kier alpha value is -1.01. The predicted octanol–water partition coefficient (Wildman–Crippen LogP) is -0.616. The molecule has 4 aromatic carbocycles. The number of halogens is 2. The predicted molar refractivity (Wildman–Crippen MR) is 82.5 cm³/mol. The van der Waals surface area contributed by atoms with Crippen molar-refractivity contribution >= 4 is 21.5 Å². The number of fused-ring (bicyclic) bond motifs is 2. The molecule has 4 aromatic rings. The summed E-state index contributed by atoms with van der Waals surface area (Å²) in [6, 6.07) is 28.1. The van der Waals surface area contributed by atoms with Crippen LogP contribution in [0.15, 0.2) is 78.9 Å². The summed E-state index contributed by atoms with van der Waals surface area (Å²) in [5.74, 6) is 0. The summed E-state index contributed by atoms with van der Waals surface area (Å²) in [7, 11) is 0. The van der Waals surface area contributed by atoms with Crippen molar-refractivity contribution in [2.24, 2.45) is 0 Å². The second kappa shape index (κ2) is 8.02. The fourth-order valence-electron chi connectivity index (χ4n) is 2.86. The van der Waals surface area contributed by atoms with Gasteiger partial charge >= 0.3 is 26.2 Å².